The predicted octanol–water partition coefficient (Wildman–Crippen LogP) is 3.55. The molecular formula is C13H9BrN2O5. The molecule has 1 aromatic heterocycles. The van der Waals surface area contributed by atoms with E-state index in [0.717, 1.165) is 0 Å². The summed E-state index contributed by atoms with van der Waals surface area (Å²) in [5.41, 5.74) is 0.282. The summed E-state index contributed by atoms with van der Waals surface area (Å²) in [7, 11) is 0. The Morgan fingerprint density at radius 1 is 1.38 bits per heavy atom. The van der Waals surface area contributed by atoms with E-state index in [1.807, 2.05) is 0 Å². The second-order valence-electron chi connectivity index (χ2n) is 4.13. The molecule has 1 heterocycles. The molecule has 8 heteroatoms. The topological polar surface area (TPSA) is 103 Å². The molecule has 0 aliphatic heterocycles. The maximum Gasteiger partial charge on any atom is 0.341 e. The molecule has 2 rings (SSSR count). The molecule has 0 spiro atoms. The Labute approximate surface area is 127 Å². The van der Waals surface area contributed by atoms with E-state index in [0.29, 0.717) is 10.2 Å². The molecule has 0 saturated heterocycles. The van der Waals surface area contributed by atoms with Crippen molar-refractivity contribution in [1.82, 2.24) is 4.98 Å². The summed E-state index contributed by atoms with van der Waals surface area (Å²) in [6.45, 7) is 1.68. The molecule has 0 radical (unpaired) electrons. The number of nitro benzene ring substituents is 1. The van der Waals surface area contributed by atoms with Gasteiger partial charge in [-0.3, -0.25) is 15.1 Å². The van der Waals surface area contributed by atoms with Gasteiger partial charge in [0.25, 0.3) is 5.69 Å². The summed E-state index contributed by atoms with van der Waals surface area (Å²) in [6, 6.07) is 5.50. The summed E-state index contributed by atoms with van der Waals surface area (Å²) < 4.78 is 5.92. The van der Waals surface area contributed by atoms with Gasteiger partial charge in [-0.25, -0.2) is 4.79 Å². The Bertz CT molecular complexity index is 732. The van der Waals surface area contributed by atoms with Crippen LogP contribution in [0.4, 0.5) is 5.69 Å². The summed E-state index contributed by atoms with van der Waals surface area (Å²) in [5.74, 6) is -0.964. The number of nitro groups is 1. The molecule has 2 aromatic rings. The molecule has 0 amide bonds. The maximum atomic E-state index is 11.1. The zero-order chi connectivity index (χ0) is 15.6. The minimum Gasteiger partial charge on any atom is -0.477 e. The molecule has 0 fully saturated rings. The number of nitrogens with zero attached hydrogens (tertiary/aromatic N) is 2. The number of aryl methyl sites for hydroxylation is 1. The number of benzene rings is 1. The minimum atomic E-state index is -1.19. The fourth-order valence-electron chi connectivity index (χ4n) is 1.62. The summed E-state index contributed by atoms with van der Waals surface area (Å²) in [4.78, 5) is 25.3. The van der Waals surface area contributed by atoms with E-state index in [4.69, 9.17) is 9.84 Å². The second-order valence-corrected chi connectivity index (χ2v) is 5.05. The average Bonchev–Trinajstić information content (AvgIpc) is 2.37. The van der Waals surface area contributed by atoms with E-state index >= 15 is 0 Å². The molecule has 0 saturated carbocycles. The van der Waals surface area contributed by atoms with Gasteiger partial charge in [0, 0.05) is 28.5 Å². The third kappa shape index (κ3) is 3.54. The van der Waals surface area contributed by atoms with Gasteiger partial charge in [0.1, 0.15) is 17.1 Å². The highest BCUT2D eigenvalue weighted by Crippen LogP contribution is 2.31. The quantitative estimate of drug-likeness (QED) is 0.666. The van der Waals surface area contributed by atoms with Crippen LogP contribution in [0.15, 0.2) is 34.9 Å². The molecule has 1 N–H and O–H groups in total. The van der Waals surface area contributed by atoms with Crippen molar-refractivity contribution in [2.75, 3.05) is 0 Å². The molecule has 0 bridgehead atoms. The first-order valence-electron chi connectivity index (χ1n) is 5.69. The number of aromatic nitrogens is 1. The highest BCUT2D eigenvalue weighted by Gasteiger charge is 2.15. The normalized spacial score (nSPS) is 10.2. The monoisotopic (exact) mass is 352 g/mol. The van der Waals surface area contributed by atoms with Crippen LogP contribution in [0.2, 0.25) is 0 Å². The maximum absolute atomic E-state index is 11.1. The molecule has 0 aliphatic rings. The van der Waals surface area contributed by atoms with Gasteiger partial charge in [-0.15, -0.1) is 0 Å². The number of pyridine rings is 1. The lowest BCUT2D eigenvalue weighted by Gasteiger charge is -2.09. The molecule has 108 valence electrons. The first kappa shape index (κ1) is 14.9. The molecular weight excluding hydrogens is 344 g/mol. The van der Waals surface area contributed by atoms with Gasteiger partial charge in [-0.1, -0.05) is 15.9 Å². The minimum absolute atomic E-state index is 0.0717. The highest BCUT2D eigenvalue weighted by molar-refractivity contribution is 9.10. The van der Waals surface area contributed by atoms with Crippen LogP contribution >= 0.6 is 15.9 Å². The number of carboxylic acid groups (broad SMARTS) is 1. The van der Waals surface area contributed by atoms with Gasteiger partial charge in [0.05, 0.1) is 11.0 Å². The van der Waals surface area contributed by atoms with Crippen molar-refractivity contribution in [3.63, 3.8) is 0 Å². The van der Waals surface area contributed by atoms with Gasteiger partial charge >= 0.3 is 5.97 Å². The lowest BCUT2D eigenvalue weighted by molar-refractivity contribution is -0.385. The zero-order valence-electron chi connectivity index (χ0n) is 10.7. The van der Waals surface area contributed by atoms with Crippen LogP contribution < -0.4 is 4.74 Å². The van der Waals surface area contributed by atoms with Crippen LogP contribution in [0.25, 0.3) is 0 Å². The van der Waals surface area contributed by atoms with E-state index in [-0.39, 0.29) is 22.7 Å². The highest BCUT2D eigenvalue weighted by atomic mass is 79.9. The SMILES string of the molecule is Cc1cc(Oc2cc(Br)cc([N+](=O)[O-])c2)c(C(=O)O)cn1. The standard InChI is InChI=1S/C13H9BrN2O5/c1-7-2-12(11(6-15-7)13(17)18)21-10-4-8(14)3-9(5-10)16(19)20/h2-6H,1H3,(H,17,18). The first-order valence-corrected chi connectivity index (χ1v) is 6.49. The first-order chi connectivity index (χ1) is 9.86. The third-order valence-electron chi connectivity index (χ3n) is 2.53. The van der Waals surface area contributed by atoms with Crippen molar-refractivity contribution in [3.8, 4) is 11.5 Å². The molecule has 0 unspecified atom stereocenters. The van der Waals surface area contributed by atoms with Crippen LogP contribution in [0.3, 0.4) is 0 Å². The number of halogens is 1. The van der Waals surface area contributed by atoms with Crippen molar-refractivity contribution in [2.45, 2.75) is 6.92 Å². The molecule has 21 heavy (non-hydrogen) atoms. The molecule has 0 aliphatic carbocycles. The van der Waals surface area contributed by atoms with Crippen LogP contribution in [0, 0.1) is 17.0 Å². The van der Waals surface area contributed by atoms with Crippen LogP contribution in [-0.2, 0) is 0 Å². The van der Waals surface area contributed by atoms with Gasteiger partial charge in [-0.05, 0) is 13.0 Å². The Morgan fingerprint density at radius 3 is 2.71 bits per heavy atom. The second kappa shape index (κ2) is 5.88. The summed E-state index contributed by atoms with van der Waals surface area (Å²) in [6.07, 6.45) is 1.18. The van der Waals surface area contributed by atoms with Gasteiger partial charge in [0.15, 0.2) is 0 Å². The fraction of sp³-hybridized carbons (Fsp3) is 0.0769. The number of aromatic carboxylic acids is 1. The molecule has 7 nitrogen and oxygen atoms in total. The largest absolute Gasteiger partial charge is 0.477 e. The Balaban J connectivity index is 2.45. The molecule has 0 atom stereocenters. The molecule has 1 aromatic carbocycles. The van der Waals surface area contributed by atoms with Crippen LogP contribution in [-0.4, -0.2) is 21.0 Å². The third-order valence-corrected chi connectivity index (χ3v) is 2.99. The number of rotatable bonds is 4. The van der Waals surface area contributed by atoms with Crippen molar-refractivity contribution in [1.29, 1.82) is 0 Å². The Morgan fingerprint density at radius 2 is 2.10 bits per heavy atom. The smallest absolute Gasteiger partial charge is 0.341 e. The number of hydrogen-bond acceptors (Lipinski definition) is 5. The lowest BCUT2D eigenvalue weighted by atomic mass is 10.2. The van der Waals surface area contributed by atoms with Crippen molar-refractivity contribution >= 4 is 27.6 Å². The average molecular weight is 353 g/mol. The van der Waals surface area contributed by atoms with E-state index in [2.05, 4.69) is 20.9 Å². The van der Waals surface area contributed by atoms with E-state index < -0.39 is 10.9 Å². The lowest BCUT2D eigenvalue weighted by Crippen LogP contribution is -2.02. The van der Waals surface area contributed by atoms with Gasteiger partial charge in [0.2, 0.25) is 0 Å². The van der Waals surface area contributed by atoms with Crippen LogP contribution in [0.1, 0.15) is 16.1 Å². The number of non-ortho nitro benzene ring substituents is 1. The number of carboxylic acids is 1. The Kier molecular flexibility index (Phi) is 4.18. The zero-order valence-corrected chi connectivity index (χ0v) is 12.3. The van der Waals surface area contributed by atoms with Gasteiger partial charge < -0.3 is 9.84 Å². The van der Waals surface area contributed by atoms with Crippen LogP contribution in [0.5, 0.6) is 11.5 Å². The van der Waals surface area contributed by atoms with Crippen molar-refractivity contribution in [2.24, 2.45) is 0 Å². The van der Waals surface area contributed by atoms with Crippen molar-refractivity contribution in [3.05, 3.63) is 56.3 Å². The summed E-state index contributed by atoms with van der Waals surface area (Å²) >= 11 is 3.14. The predicted molar refractivity (Wildman–Crippen MR) is 76.8 cm³/mol. The Hall–Kier alpha value is -2.48. The van der Waals surface area contributed by atoms with E-state index in [9.17, 15) is 14.9 Å². The number of carbonyl (C=O) groups is 1. The number of ether oxygens (including phenoxy) is 1. The fourth-order valence-corrected chi connectivity index (χ4v) is 2.08. The summed E-state index contributed by atoms with van der Waals surface area (Å²) in [5, 5.41) is 19.9. The van der Waals surface area contributed by atoms with Crippen molar-refractivity contribution < 1.29 is 19.6 Å². The van der Waals surface area contributed by atoms with Gasteiger partial charge in [-0.2, -0.15) is 0 Å². The van der Waals surface area contributed by atoms with E-state index in [1.54, 1.807) is 6.92 Å². The number of hydrogen-bond donors (Lipinski definition) is 1. The van der Waals surface area contributed by atoms with E-state index in [1.165, 1.54) is 30.5 Å².